The lowest BCUT2D eigenvalue weighted by molar-refractivity contribution is 0.112. The van der Waals surface area contributed by atoms with E-state index in [-0.39, 0.29) is 5.82 Å². The van der Waals surface area contributed by atoms with E-state index in [1.54, 1.807) is 6.07 Å². The molecule has 1 nitrogen and oxygen atoms in total. The van der Waals surface area contributed by atoms with Gasteiger partial charge < -0.3 is 0 Å². The highest BCUT2D eigenvalue weighted by atomic mass is 19.1. The van der Waals surface area contributed by atoms with Crippen LogP contribution in [0.3, 0.4) is 0 Å². The van der Waals surface area contributed by atoms with Crippen molar-refractivity contribution < 1.29 is 9.18 Å². The molecule has 0 saturated heterocycles. The van der Waals surface area contributed by atoms with Gasteiger partial charge in [0.05, 0.1) is 0 Å². The van der Waals surface area contributed by atoms with Crippen molar-refractivity contribution in [3.63, 3.8) is 0 Å². The van der Waals surface area contributed by atoms with Gasteiger partial charge in [-0.2, -0.15) is 0 Å². The lowest BCUT2D eigenvalue weighted by atomic mass is 9.98. The Balaban J connectivity index is 2.91. The molecule has 0 bridgehead atoms. The normalized spacial score (nSPS) is 10.5. The maximum Gasteiger partial charge on any atom is 0.151 e. The minimum absolute atomic E-state index is 0.329. The highest BCUT2D eigenvalue weighted by Crippen LogP contribution is 2.24. The Morgan fingerprint density at radius 1 is 1.27 bits per heavy atom. The number of benzene rings is 2. The minimum Gasteiger partial charge on any atom is -0.298 e. The molecular weight excluding hydrogens is 191 g/mol. The molecule has 2 aromatic rings. The molecular formula is C13H11FO. The molecule has 2 aromatic carbocycles. The van der Waals surface area contributed by atoms with Crippen LogP contribution in [0.25, 0.3) is 10.8 Å². The summed E-state index contributed by atoms with van der Waals surface area (Å²) in [5.41, 5.74) is 1.37. The summed E-state index contributed by atoms with van der Waals surface area (Å²) in [6, 6.07) is 8.58. The summed E-state index contributed by atoms with van der Waals surface area (Å²) < 4.78 is 13.6. The van der Waals surface area contributed by atoms with Crippen molar-refractivity contribution in [2.45, 2.75) is 13.3 Å². The van der Waals surface area contributed by atoms with Gasteiger partial charge in [-0.1, -0.05) is 31.2 Å². The number of hydrogen-bond acceptors (Lipinski definition) is 1. The summed E-state index contributed by atoms with van der Waals surface area (Å²) in [6.07, 6.45) is 1.47. The number of halogens is 1. The molecule has 0 saturated carbocycles. The Bertz CT molecular complexity index is 517. The standard InChI is InChI=1S/C13H11FO/c1-2-9-6-7-10-4-3-5-12(14)13(10)11(9)8-15/h3-8H,2H2,1H3. The molecule has 0 aromatic heterocycles. The Morgan fingerprint density at radius 3 is 2.73 bits per heavy atom. The molecule has 0 aliphatic carbocycles. The van der Waals surface area contributed by atoms with Crippen LogP contribution >= 0.6 is 0 Å². The fourth-order valence-electron chi connectivity index (χ4n) is 1.85. The number of hydrogen-bond donors (Lipinski definition) is 0. The van der Waals surface area contributed by atoms with Crippen LogP contribution in [0.2, 0.25) is 0 Å². The molecule has 76 valence electrons. The van der Waals surface area contributed by atoms with Gasteiger partial charge in [0.15, 0.2) is 6.29 Å². The number of rotatable bonds is 2. The van der Waals surface area contributed by atoms with Crippen molar-refractivity contribution in [2.75, 3.05) is 0 Å². The Morgan fingerprint density at radius 2 is 2.07 bits per heavy atom. The van der Waals surface area contributed by atoms with E-state index in [9.17, 15) is 9.18 Å². The summed E-state index contributed by atoms with van der Waals surface area (Å²) in [6.45, 7) is 1.95. The average molecular weight is 202 g/mol. The smallest absolute Gasteiger partial charge is 0.151 e. The molecule has 0 spiro atoms. The van der Waals surface area contributed by atoms with Crippen molar-refractivity contribution in [3.8, 4) is 0 Å². The maximum atomic E-state index is 13.6. The van der Waals surface area contributed by atoms with Gasteiger partial charge in [0.25, 0.3) is 0 Å². The Labute approximate surface area is 87.5 Å². The molecule has 0 heterocycles. The molecule has 0 aliphatic rings. The number of aldehydes is 1. The van der Waals surface area contributed by atoms with Crippen molar-refractivity contribution >= 4 is 17.1 Å². The predicted octanol–water partition coefficient (Wildman–Crippen LogP) is 3.35. The van der Waals surface area contributed by atoms with Gasteiger partial charge in [0.1, 0.15) is 5.82 Å². The van der Waals surface area contributed by atoms with Crippen LogP contribution in [0.5, 0.6) is 0 Å². The fraction of sp³-hybridized carbons (Fsp3) is 0.154. The van der Waals surface area contributed by atoms with Crippen LogP contribution < -0.4 is 0 Å². The third-order valence-electron chi connectivity index (χ3n) is 2.62. The van der Waals surface area contributed by atoms with E-state index < -0.39 is 0 Å². The SMILES string of the molecule is CCc1ccc2cccc(F)c2c1C=O. The van der Waals surface area contributed by atoms with Gasteiger partial charge in [-0.25, -0.2) is 4.39 Å². The zero-order chi connectivity index (χ0) is 10.8. The van der Waals surface area contributed by atoms with Gasteiger partial charge in [-0.05, 0) is 23.4 Å². The van der Waals surface area contributed by atoms with Crippen molar-refractivity contribution in [3.05, 3.63) is 47.3 Å². The van der Waals surface area contributed by atoms with E-state index in [0.29, 0.717) is 10.9 Å². The molecule has 0 aliphatic heterocycles. The molecule has 0 unspecified atom stereocenters. The molecule has 0 N–H and O–H groups in total. The maximum absolute atomic E-state index is 13.6. The van der Waals surface area contributed by atoms with Crippen LogP contribution in [0.1, 0.15) is 22.8 Å². The second kappa shape index (κ2) is 3.81. The third kappa shape index (κ3) is 1.52. The monoisotopic (exact) mass is 202 g/mol. The van der Waals surface area contributed by atoms with Gasteiger partial charge in [-0.3, -0.25) is 4.79 Å². The lowest BCUT2D eigenvalue weighted by Gasteiger charge is -2.07. The second-order valence-electron chi connectivity index (χ2n) is 3.45. The number of aryl methyl sites for hydroxylation is 1. The summed E-state index contributed by atoms with van der Waals surface area (Å²) >= 11 is 0. The van der Waals surface area contributed by atoms with Crippen LogP contribution in [-0.2, 0) is 6.42 Å². The van der Waals surface area contributed by atoms with Gasteiger partial charge >= 0.3 is 0 Å². The van der Waals surface area contributed by atoms with E-state index in [1.807, 2.05) is 25.1 Å². The van der Waals surface area contributed by atoms with Gasteiger partial charge in [0.2, 0.25) is 0 Å². The van der Waals surface area contributed by atoms with Crippen molar-refractivity contribution in [1.29, 1.82) is 0 Å². The molecule has 2 heteroatoms. The van der Waals surface area contributed by atoms with Crippen molar-refractivity contribution in [2.24, 2.45) is 0 Å². The summed E-state index contributed by atoms with van der Waals surface area (Å²) in [5.74, 6) is -0.329. The number of fused-ring (bicyclic) bond motifs is 1. The van der Waals surface area contributed by atoms with Gasteiger partial charge in [0, 0.05) is 10.9 Å². The largest absolute Gasteiger partial charge is 0.298 e. The van der Waals surface area contributed by atoms with E-state index in [0.717, 1.165) is 23.7 Å². The first-order chi connectivity index (χ1) is 7.27. The zero-order valence-electron chi connectivity index (χ0n) is 8.46. The van der Waals surface area contributed by atoms with Crippen LogP contribution in [0.15, 0.2) is 30.3 Å². The molecule has 0 atom stereocenters. The van der Waals surface area contributed by atoms with Crippen molar-refractivity contribution in [1.82, 2.24) is 0 Å². The number of carbonyl (C=O) groups is 1. The summed E-state index contributed by atoms with van der Waals surface area (Å²) in [7, 11) is 0. The highest BCUT2D eigenvalue weighted by molar-refractivity contribution is 5.99. The summed E-state index contributed by atoms with van der Waals surface area (Å²) in [4.78, 5) is 11.0. The predicted molar refractivity (Wildman–Crippen MR) is 58.7 cm³/mol. The number of carbonyl (C=O) groups excluding carboxylic acids is 1. The quantitative estimate of drug-likeness (QED) is 0.682. The lowest BCUT2D eigenvalue weighted by Crippen LogP contribution is -1.94. The molecule has 0 fully saturated rings. The van der Waals surface area contributed by atoms with Crippen LogP contribution in [-0.4, -0.2) is 6.29 Å². The average Bonchev–Trinajstić information content (AvgIpc) is 2.28. The zero-order valence-corrected chi connectivity index (χ0v) is 8.46. The van der Waals surface area contributed by atoms with Crippen LogP contribution in [0.4, 0.5) is 4.39 Å². The Hall–Kier alpha value is -1.70. The molecule has 15 heavy (non-hydrogen) atoms. The van der Waals surface area contributed by atoms with E-state index in [1.165, 1.54) is 6.07 Å². The second-order valence-corrected chi connectivity index (χ2v) is 3.45. The highest BCUT2D eigenvalue weighted by Gasteiger charge is 2.09. The van der Waals surface area contributed by atoms with Gasteiger partial charge in [-0.15, -0.1) is 0 Å². The summed E-state index contributed by atoms with van der Waals surface area (Å²) in [5, 5.41) is 1.21. The third-order valence-corrected chi connectivity index (χ3v) is 2.62. The first-order valence-electron chi connectivity index (χ1n) is 4.93. The van der Waals surface area contributed by atoms with E-state index in [4.69, 9.17) is 0 Å². The fourth-order valence-corrected chi connectivity index (χ4v) is 1.85. The molecule has 2 rings (SSSR count). The first kappa shape index (κ1) is 9.84. The van der Waals surface area contributed by atoms with E-state index in [2.05, 4.69) is 0 Å². The minimum atomic E-state index is -0.329. The van der Waals surface area contributed by atoms with Crippen LogP contribution in [0, 0.1) is 5.82 Å². The molecule has 0 amide bonds. The Kier molecular flexibility index (Phi) is 2.50. The first-order valence-corrected chi connectivity index (χ1v) is 4.93. The topological polar surface area (TPSA) is 17.1 Å². The van der Waals surface area contributed by atoms with E-state index >= 15 is 0 Å². The molecule has 0 radical (unpaired) electrons.